The maximum Gasteiger partial charge on any atom is 4.00 e. The fourth-order valence-corrected chi connectivity index (χ4v) is 4.71. The van der Waals surface area contributed by atoms with E-state index in [0.29, 0.717) is 0 Å². The van der Waals surface area contributed by atoms with Crippen LogP contribution in [0.15, 0.2) is 77.9 Å². The normalized spacial score (nSPS) is 12.2. The number of allylic oxidation sites excluding steroid dienone is 4. The number of unbranched alkanes of at least 4 members (excludes halogenated alkanes) is 1. The first kappa shape index (κ1) is 29.4. The molecule has 0 aromatic heterocycles. The van der Waals surface area contributed by atoms with Crippen LogP contribution in [0.25, 0.3) is 10.8 Å². The Kier molecular flexibility index (Phi) is 15.0. The Labute approximate surface area is 215 Å². The van der Waals surface area contributed by atoms with Gasteiger partial charge in [0.15, 0.2) is 0 Å². The third kappa shape index (κ3) is 8.17. The van der Waals surface area contributed by atoms with Crippen molar-refractivity contribution in [2.75, 3.05) is 0 Å². The average molecular weight is 535 g/mol. The van der Waals surface area contributed by atoms with Gasteiger partial charge >= 0.3 is 26.2 Å². The van der Waals surface area contributed by atoms with Crippen molar-refractivity contribution in [2.24, 2.45) is 0 Å². The monoisotopic (exact) mass is 532 g/mol. The van der Waals surface area contributed by atoms with Gasteiger partial charge in [0.1, 0.15) is 0 Å². The molecule has 0 aliphatic heterocycles. The van der Waals surface area contributed by atoms with Gasteiger partial charge in [-0.2, -0.15) is 6.08 Å². The number of hydrogen-bond donors (Lipinski definition) is 0. The van der Waals surface area contributed by atoms with Crippen LogP contribution in [0.3, 0.4) is 0 Å². The molecule has 0 spiro atoms. The smallest absolute Gasteiger partial charge is 1.00 e. The molecule has 0 saturated carbocycles. The van der Waals surface area contributed by atoms with E-state index in [1.807, 2.05) is 0 Å². The van der Waals surface area contributed by atoms with Gasteiger partial charge in [-0.1, -0.05) is 69.5 Å². The van der Waals surface area contributed by atoms with Crippen LogP contribution in [0.2, 0.25) is 0 Å². The first-order valence-electron chi connectivity index (χ1n) is 9.93. The Balaban J connectivity index is 0.000000569. The Hall–Kier alpha value is -0.577. The molecule has 0 amide bonds. The van der Waals surface area contributed by atoms with E-state index in [0.717, 1.165) is 15.0 Å². The fraction of sp³-hybridized carbons (Fsp3) is 0.269. The second-order valence-electron chi connectivity index (χ2n) is 7.13. The van der Waals surface area contributed by atoms with Crippen molar-refractivity contribution in [3.8, 4) is 0 Å². The molecule has 0 fully saturated rings. The number of aryl methyl sites for hydroxylation is 1. The molecule has 0 nitrogen and oxygen atoms in total. The van der Waals surface area contributed by atoms with Gasteiger partial charge in [-0.15, -0.1) is 67.8 Å². The average Bonchev–Trinajstić information content (AvgIpc) is 3.24. The molecule has 1 atom stereocenters. The molecule has 1 unspecified atom stereocenters. The van der Waals surface area contributed by atoms with E-state index in [2.05, 4.69) is 93.6 Å². The first-order valence-corrected chi connectivity index (χ1v) is 10.9. The van der Waals surface area contributed by atoms with E-state index in [4.69, 9.17) is 0 Å². The van der Waals surface area contributed by atoms with Gasteiger partial charge in [0.25, 0.3) is 0 Å². The van der Waals surface area contributed by atoms with Crippen molar-refractivity contribution < 1.29 is 51.0 Å². The summed E-state index contributed by atoms with van der Waals surface area (Å²) >= 11 is 0. The maximum atomic E-state index is 3.37. The summed E-state index contributed by atoms with van der Waals surface area (Å²) in [6.45, 7) is 6.63. The van der Waals surface area contributed by atoms with Crippen LogP contribution >= 0.6 is 8.58 Å². The molecule has 0 saturated heterocycles. The Morgan fingerprint density at radius 3 is 2.27 bits per heavy atom. The van der Waals surface area contributed by atoms with Gasteiger partial charge in [0.2, 0.25) is 0 Å². The van der Waals surface area contributed by atoms with E-state index in [1.54, 1.807) is 0 Å². The molecule has 0 N–H and O–H groups in total. The van der Waals surface area contributed by atoms with Gasteiger partial charge in [0.05, 0.1) is 0 Å². The standard InChI is InChI=1S/C16H14P.C10H15.2ClH.Zr/c1-12-11-13-7-5-6-10-15(13)16(12)17-14-8-3-2-4-9-14;1-3-4-7-10-8-5-6-9(10)2;;;/h2-11,17H,1H3;6H,3-5,7H2,1-2H3;2*1H;/q2*-1;;;+4/p-2. The topological polar surface area (TPSA) is 0 Å². The summed E-state index contributed by atoms with van der Waals surface area (Å²) in [6, 6.07) is 21.7. The van der Waals surface area contributed by atoms with Crippen molar-refractivity contribution in [2.45, 2.75) is 46.5 Å². The minimum absolute atomic E-state index is 0. The number of hydrogen-bond acceptors (Lipinski definition) is 0. The molecule has 0 heterocycles. The van der Waals surface area contributed by atoms with E-state index in [-0.39, 0.29) is 51.0 Å². The zero-order valence-corrected chi connectivity index (χ0v) is 22.9. The van der Waals surface area contributed by atoms with Crippen LogP contribution in [-0.4, -0.2) is 0 Å². The fourth-order valence-electron chi connectivity index (χ4n) is 3.43. The van der Waals surface area contributed by atoms with Gasteiger partial charge in [-0.25, -0.2) is 11.1 Å². The zero-order chi connectivity index (χ0) is 19.1. The number of halogens is 2. The first-order chi connectivity index (χ1) is 13.2. The Morgan fingerprint density at radius 1 is 0.967 bits per heavy atom. The molecule has 156 valence electrons. The van der Waals surface area contributed by atoms with Crippen molar-refractivity contribution in [1.82, 2.24) is 0 Å². The molecule has 3 aromatic carbocycles. The Bertz CT molecular complexity index is 942. The molecular formula is C26H29Cl2PZr. The zero-order valence-electron chi connectivity index (χ0n) is 17.9. The molecule has 30 heavy (non-hydrogen) atoms. The van der Waals surface area contributed by atoms with Crippen LogP contribution < -0.4 is 35.4 Å². The predicted molar refractivity (Wildman–Crippen MR) is 123 cm³/mol. The van der Waals surface area contributed by atoms with E-state index >= 15 is 0 Å². The van der Waals surface area contributed by atoms with Crippen LogP contribution in [0.5, 0.6) is 0 Å². The van der Waals surface area contributed by atoms with Gasteiger partial charge in [-0.3, -0.25) is 6.08 Å². The van der Waals surface area contributed by atoms with Crippen LogP contribution in [0, 0.1) is 13.0 Å². The predicted octanol–water partition coefficient (Wildman–Crippen LogP) is 0.758. The maximum absolute atomic E-state index is 3.37. The van der Waals surface area contributed by atoms with Gasteiger partial charge in [0, 0.05) is 0 Å². The van der Waals surface area contributed by atoms with Gasteiger partial charge in [-0.05, 0) is 5.30 Å². The van der Waals surface area contributed by atoms with Crippen molar-refractivity contribution in [3.63, 3.8) is 0 Å². The summed E-state index contributed by atoms with van der Waals surface area (Å²) < 4.78 is 0. The summed E-state index contributed by atoms with van der Waals surface area (Å²) in [7, 11) is 0.754. The summed E-state index contributed by atoms with van der Waals surface area (Å²) in [6.07, 6.45) is 10.5. The third-order valence-electron chi connectivity index (χ3n) is 5.02. The summed E-state index contributed by atoms with van der Waals surface area (Å²) in [5.41, 5.74) is 4.32. The number of fused-ring (bicyclic) bond motifs is 1. The largest absolute Gasteiger partial charge is 4.00 e. The number of benzene rings is 2. The molecule has 3 aromatic rings. The second-order valence-corrected chi connectivity index (χ2v) is 8.46. The number of rotatable bonds is 5. The minimum Gasteiger partial charge on any atom is -1.00 e. The van der Waals surface area contributed by atoms with Gasteiger partial charge < -0.3 is 24.8 Å². The Morgan fingerprint density at radius 2 is 1.63 bits per heavy atom. The van der Waals surface area contributed by atoms with Crippen molar-refractivity contribution >= 4 is 30.0 Å². The van der Waals surface area contributed by atoms with E-state index in [1.165, 1.54) is 57.4 Å². The van der Waals surface area contributed by atoms with Crippen LogP contribution in [0.1, 0.15) is 45.1 Å². The molecule has 4 heteroatoms. The third-order valence-corrected chi connectivity index (χ3v) is 6.56. The summed E-state index contributed by atoms with van der Waals surface area (Å²) in [4.78, 5) is 0. The van der Waals surface area contributed by atoms with E-state index in [9.17, 15) is 0 Å². The van der Waals surface area contributed by atoms with Crippen molar-refractivity contribution in [3.05, 3.63) is 89.5 Å². The van der Waals surface area contributed by atoms with Crippen molar-refractivity contribution in [1.29, 1.82) is 0 Å². The quantitative estimate of drug-likeness (QED) is 0.335. The minimum atomic E-state index is 0. The summed E-state index contributed by atoms with van der Waals surface area (Å²) in [5, 5.41) is 5.68. The van der Waals surface area contributed by atoms with Crippen LogP contribution in [-0.2, 0) is 26.2 Å². The SMILES string of the molecule is CCCCC1=[C-]CC=C1C.Cc1[cH-]c2ccccc2c1Pc1ccccc1.[Cl-].[Cl-].[Zr+4]. The van der Waals surface area contributed by atoms with Crippen LogP contribution in [0.4, 0.5) is 0 Å². The molecule has 4 rings (SSSR count). The molecule has 1 aliphatic rings. The molecule has 1 aliphatic carbocycles. The second kappa shape index (κ2) is 15.3. The molecular weight excluding hydrogens is 505 g/mol. The molecule has 0 radical (unpaired) electrons. The summed E-state index contributed by atoms with van der Waals surface area (Å²) in [5.74, 6) is 0. The van der Waals surface area contributed by atoms with E-state index < -0.39 is 0 Å². The molecule has 0 bridgehead atoms.